The molecule has 1 aromatic carbocycles. The molecule has 4 fully saturated rings. The van der Waals surface area contributed by atoms with Crippen molar-refractivity contribution in [1.82, 2.24) is 5.32 Å². The third-order valence-corrected chi connectivity index (χ3v) is 6.62. The molecule has 4 aliphatic rings. The summed E-state index contributed by atoms with van der Waals surface area (Å²) >= 11 is 11.0. The van der Waals surface area contributed by atoms with Gasteiger partial charge in [0.05, 0.1) is 5.02 Å². The largest absolute Gasteiger partial charge is 0.332 e. The molecule has 0 atom stereocenters. The first-order valence-corrected chi connectivity index (χ1v) is 9.75. The lowest BCUT2D eigenvalue weighted by atomic mass is 9.49. The van der Waals surface area contributed by atoms with Crippen LogP contribution in [-0.2, 0) is 4.79 Å². The third kappa shape index (κ3) is 3.68. The number of halogens is 2. The van der Waals surface area contributed by atoms with Gasteiger partial charge in [0, 0.05) is 12.1 Å². The van der Waals surface area contributed by atoms with E-state index in [1.807, 2.05) is 0 Å². The quantitative estimate of drug-likeness (QED) is 0.733. The number of benzene rings is 1. The maximum Gasteiger partial charge on any atom is 0.226 e. The molecule has 0 saturated heterocycles. The Morgan fingerprint density at radius 3 is 2.36 bits per heavy atom. The first kappa shape index (κ1) is 17.2. The summed E-state index contributed by atoms with van der Waals surface area (Å²) in [4.78, 5) is 12.5. The van der Waals surface area contributed by atoms with Crippen molar-refractivity contribution in [1.29, 1.82) is 0 Å². The lowest BCUT2D eigenvalue weighted by Crippen LogP contribution is -2.48. The molecule has 0 spiro atoms. The Bertz CT molecular complexity index is 688. The van der Waals surface area contributed by atoms with Gasteiger partial charge in [0.25, 0.3) is 0 Å². The summed E-state index contributed by atoms with van der Waals surface area (Å²) in [5, 5.41) is 5.93. The lowest BCUT2D eigenvalue weighted by molar-refractivity contribution is -0.127. The van der Waals surface area contributed by atoms with Crippen molar-refractivity contribution in [3.63, 3.8) is 0 Å². The second-order valence-corrected chi connectivity index (χ2v) is 9.04. The summed E-state index contributed by atoms with van der Waals surface area (Å²) in [7, 11) is 0. The highest BCUT2D eigenvalue weighted by atomic mass is 35.5. The van der Waals surface area contributed by atoms with Crippen LogP contribution in [0.2, 0.25) is 5.02 Å². The molecule has 3 nitrogen and oxygen atoms in total. The summed E-state index contributed by atoms with van der Waals surface area (Å²) in [5.41, 5.74) is 0.750. The van der Waals surface area contributed by atoms with E-state index in [0.29, 0.717) is 12.1 Å². The van der Waals surface area contributed by atoms with Gasteiger partial charge in [0.2, 0.25) is 5.91 Å². The molecule has 0 aliphatic heterocycles. The maximum atomic E-state index is 13.2. The van der Waals surface area contributed by atoms with Gasteiger partial charge in [0.15, 0.2) is 5.11 Å². The molecule has 6 heteroatoms. The number of carbonyl (C=O) groups is 1. The zero-order chi connectivity index (χ0) is 17.6. The van der Waals surface area contributed by atoms with Crippen LogP contribution in [0.25, 0.3) is 0 Å². The van der Waals surface area contributed by atoms with E-state index in [2.05, 4.69) is 10.6 Å². The molecule has 1 aromatic rings. The number of nitrogens with one attached hydrogen (secondary N) is 2. The summed E-state index contributed by atoms with van der Waals surface area (Å²) in [6.45, 7) is 0. The molecule has 25 heavy (non-hydrogen) atoms. The molecule has 4 aliphatic carbocycles. The molecule has 1 amide bonds. The van der Waals surface area contributed by atoms with Gasteiger partial charge in [-0.2, -0.15) is 0 Å². The Morgan fingerprint density at radius 2 is 1.80 bits per heavy atom. The Balaban J connectivity index is 1.34. The summed E-state index contributed by atoms with van der Waals surface area (Å²) < 4.78 is 13.2. The maximum absolute atomic E-state index is 13.2. The van der Waals surface area contributed by atoms with Gasteiger partial charge < -0.3 is 10.6 Å². The van der Waals surface area contributed by atoms with E-state index in [1.165, 1.54) is 50.7 Å². The first-order valence-electron chi connectivity index (χ1n) is 8.97. The van der Waals surface area contributed by atoms with Crippen molar-refractivity contribution in [2.24, 2.45) is 23.2 Å². The fourth-order valence-electron chi connectivity index (χ4n) is 5.75. The number of hydrogen-bond donors (Lipinski definition) is 2. The Hall–Kier alpha value is -1.20. The third-order valence-electron chi connectivity index (χ3n) is 6.13. The van der Waals surface area contributed by atoms with Crippen molar-refractivity contribution in [3.8, 4) is 0 Å². The predicted molar refractivity (Wildman–Crippen MR) is 101 cm³/mol. The molecule has 0 aromatic heterocycles. The van der Waals surface area contributed by atoms with Crippen LogP contribution in [0.1, 0.15) is 44.9 Å². The second kappa shape index (κ2) is 6.51. The summed E-state index contributed by atoms with van der Waals surface area (Å²) in [6, 6.07) is 4.26. The van der Waals surface area contributed by atoms with Gasteiger partial charge in [-0.3, -0.25) is 4.79 Å². The Labute approximate surface area is 157 Å². The normalized spacial score (nSPS) is 32.5. The topological polar surface area (TPSA) is 41.1 Å². The van der Waals surface area contributed by atoms with E-state index in [9.17, 15) is 9.18 Å². The van der Waals surface area contributed by atoms with E-state index < -0.39 is 5.82 Å². The number of amides is 1. The molecule has 2 N–H and O–H groups in total. The van der Waals surface area contributed by atoms with Crippen molar-refractivity contribution in [2.45, 2.75) is 44.9 Å². The molecule has 0 radical (unpaired) electrons. The number of anilines is 1. The van der Waals surface area contributed by atoms with E-state index in [4.69, 9.17) is 23.8 Å². The predicted octanol–water partition coefficient (Wildman–Crippen LogP) is 4.90. The van der Waals surface area contributed by atoms with Crippen LogP contribution in [0.5, 0.6) is 0 Å². The van der Waals surface area contributed by atoms with E-state index in [1.54, 1.807) is 6.07 Å². The molecular weight excluding hydrogens is 359 g/mol. The summed E-state index contributed by atoms with van der Waals surface area (Å²) in [5.74, 6) is 1.97. The van der Waals surface area contributed by atoms with Crippen LogP contribution in [0.15, 0.2) is 18.2 Å². The molecule has 4 saturated carbocycles. The molecule has 0 heterocycles. The Morgan fingerprint density at radius 1 is 1.20 bits per heavy atom. The van der Waals surface area contributed by atoms with Crippen LogP contribution in [0, 0.1) is 29.0 Å². The van der Waals surface area contributed by atoms with E-state index in [-0.39, 0.29) is 21.5 Å². The van der Waals surface area contributed by atoms with E-state index in [0.717, 1.165) is 17.8 Å². The first-order chi connectivity index (χ1) is 11.9. The SMILES string of the molecule is O=C(CC12CC3CC(CC(C3)C1)C2)NC(=S)Nc1ccc(F)c(Cl)c1. The highest BCUT2D eigenvalue weighted by Crippen LogP contribution is 2.61. The number of hydrogen-bond acceptors (Lipinski definition) is 2. The number of thiocarbonyl (C=S) groups is 1. The standard InChI is InChI=1S/C19H22ClFN2OS/c20-15-6-14(1-2-16(15)21)22-18(25)23-17(24)10-19-7-11-3-12(8-19)5-13(4-11)9-19/h1-2,6,11-13H,3-5,7-10H2,(H2,22,23,24,25). The highest BCUT2D eigenvalue weighted by Gasteiger charge is 2.51. The van der Waals surface area contributed by atoms with Crippen molar-refractivity contribution in [2.75, 3.05) is 5.32 Å². The summed E-state index contributed by atoms with van der Waals surface area (Å²) in [6.07, 6.45) is 8.24. The van der Waals surface area contributed by atoms with Gasteiger partial charge in [0.1, 0.15) is 5.82 Å². The van der Waals surface area contributed by atoms with Crippen LogP contribution in [0.3, 0.4) is 0 Å². The van der Waals surface area contributed by atoms with Crippen LogP contribution in [-0.4, -0.2) is 11.0 Å². The van der Waals surface area contributed by atoms with Gasteiger partial charge in [-0.1, -0.05) is 11.6 Å². The number of carbonyl (C=O) groups excluding carboxylic acids is 1. The van der Waals surface area contributed by atoms with Gasteiger partial charge >= 0.3 is 0 Å². The van der Waals surface area contributed by atoms with Crippen molar-refractivity contribution < 1.29 is 9.18 Å². The minimum absolute atomic E-state index is 0.0207. The fourth-order valence-corrected chi connectivity index (χ4v) is 6.17. The molecule has 4 bridgehead atoms. The van der Waals surface area contributed by atoms with Gasteiger partial charge in [-0.25, -0.2) is 4.39 Å². The Kier molecular flexibility index (Phi) is 4.49. The zero-order valence-electron chi connectivity index (χ0n) is 14.0. The zero-order valence-corrected chi connectivity index (χ0v) is 15.6. The average molecular weight is 381 g/mol. The van der Waals surface area contributed by atoms with Crippen LogP contribution >= 0.6 is 23.8 Å². The molecule has 5 rings (SSSR count). The smallest absolute Gasteiger partial charge is 0.226 e. The number of rotatable bonds is 3. The average Bonchev–Trinajstić information content (AvgIpc) is 2.48. The monoisotopic (exact) mass is 380 g/mol. The fraction of sp³-hybridized carbons (Fsp3) is 0.579. The van der Waals surface area contributed by atoms with Crippen molar-refractivity contribution in [3.05, 3.63) is 29.0 Å². The van der Waals surface area contributed by atoms with E-state index >= 15 is 0 Å². The molecule has 0 unspecified atom stereocenters. The van der Waals surface area contributed by atoms with Gasteiger partial charge in [-0.15, -0.1) is 0 Å². The second-order valence-electron chi connectivity index (χ2n) is 8.23. The minimum Gasteiger partial charge on any atom is -0.332 e. The lowest BCUT2D eigenvalue weighted by Gasteiger charge is -2.56. The molecule has 134 valence electrons. The molecular formula is C19H22ClFN2OS. The van der Waals surface area contributed by atoms with Crippen LogP contribution in [0.4, 0.5) is 10.1 Å². The van der Waals surface area contributed by atoms with Crippen molar-refractivity contribution >= 4 is 40.5 Å². The van der Waals surface area contributed by atoms with Crippen LogP contribution < -0.4 is 10.6 Å². The minimum atomic E-state index is -0.482. The highest BCUT2D eigenvalue weighted by molar-refractivity contribution is 7.80. The van der Waals surface area contributed by atoms with Gasteiger partial charge in [-0.05, 0) is 92.1 Å².